The Morgan fingerprint density at radius 3 is 2.00 bits per heavy atom. The van der Waals surface area contributed by atoms with Gasteiger partial charge in [0.25, 0.3) is 0 Å². The molecule has 0 heterocycles. The van der Waals surface area contributed by atoms with Crippen molar-refractivity contribution >= 4 is 13.3 Å². The number of hydrogen-bond donors (Lipinski definition) is 2. The van der Waals surface area contributed by atoms with Crippen molar-refractivity contribution < 1.29 is 19.7 Å². The number of phenols is 2. The van der Waals surface area contributed by atoms with Crippen LogP contribution in [0.5, 0.6) is 23.0 Å². The van der Waals surface area contributed by atoms with E-state index < -0.39 is 8.07 Å². The van der Waals surface area contributed by atoms with Crippen LogP contribution in [-0.2, 0) is 6.42 Å². The van der Waals surface area contributed by atoms with E-state index in [0.717, 1.165) is 24.5 Å². The van der Waals surface area contributed by atoms with E-state index in [-0.39, 0.29) is 11.5 Å². The fraction of sp³-hybridized carbons (Fsp3) is 0.579. The molecular formula is C19H32O4Si. The largest absolute Gasteiger partial charge is 0.507 e. The zero-order valence-corrected chi connectivity index (χ0v) is 17.1. The Hall–Kier alpha value is -1.62. The number of ether oxygens (including phenoxy) is 2. The highest BCUT2D eigenvalue weighted by Gasteiger charge is 2.32. The van der Waals surface area contributed by atoms with Crippen molar-refractivity contribution in [1.29, 1.82) is 0 Å². The molecule has 1 rings (SSSR count). The SMILES string of the molecule is CC/C=C(\c1c(O)c(CCCC)c(OC)c(O)c1OC)[Si](C)(C)C. The Kier molecular flexibility index (Phi) is 7.20. The van der Waals surface area contributed by atoms with Crippen LogP contribution in [0.1, 0.15) is 44.2 Å². The zero-order valence-electron chi connectivity index (χ0n) is 16.1. The number of hydrogen-bond acceptors (Lipinski definition) is 4. The summed E-state index contributed by atoms with van der Waals surface area (Å²) in [5.41, 5.74) is 1.29. The van der Waals surface area contributed by atoms with Crippen LogP contribution in [0.3, 0.4) is 0 Å². The molecule has 24 heavy (non-hydrogen) atoms. The molecule has 2 N–H and O–H groups in total. The lowest BCUT2D eigenvalue weighted by molar-refractivity contribution is 0.329. The van der Waals surface area contributed by atoms with Gasteiger partial charge in [-0.2, -0.15) is 0 Å². The number of benzene rings is 1. The third-order valence-electron chi connectivity index (χ3n) is 4.13. The minimum absolute atomic E-state index is 0.0286. The topological polar surface area (TPSA) is 58.9 Å². The van der Waals surface area contributed by atoms with E-state index in [0.29, 0.717) is 29.0 Å². The molecular weight excluding hydrogens is 320 g/mol. The maximum Gasteiger partial charge on any atom is 0.201 e. The molecule has 0 atom stereocenters. The van der Waals surface area contributed by atoms with E-state index >= 15 is 0 Å². The highest BCUT2D eigenvalue weighted by Crippen LogP contribution is 2.52. The Morgan fingerprint density at radius 1 is 1.00 bits per heavy atom. The normalized spacial score (nSPS) is 12.4. The van der Waals surface area contributed by atoms with Crippen molar-refractivity contribution in [2.75, 3.05) is 14.2 Å². The van der Waals surface area contributed by atoms with Crippen LogP contribution in [-0.4, -0.2) is 32.5 Å². The molecule has 0 aliphatic carbocycles. The van der Waals surface area contributed by atoms with Gasteiger partial charge in [-0.1, -0.05) is 46.0 Å². The third kappa shape index (κ3) is 4.07. The van der Waals surface area contributed by atoms with E-state index in [4.69, 9.17) is 9.47 Å². The van der Waals surface area contributed by atoms with Crippen molar-refractivity contribution in [3.05, 3.63) is 17.2 Å². The van der Waals surface area contributed by atoms with Crippen LogP contribution in [0, 0.1) is 0 Å². The highest BCUT2D eigenvalue weighted by atomic mass is 28.3. The van der Waals surface area contributed by atoms with Gasteiger partial charge in [-0.25, -0.2) is 0 Å². The summed E-state index contributed by atoms with van der Waals surface area (Å²) in [6.45, 7) is 10.8. The second-order valence-electron chi connectivity index (χ2n) is 7.00. The molecule has 0 aliphatic heterocycles. The smallest absolute Gasteiger partial charge is 0.201 e. The first-order valence-corrected chi connectivity index (χ1v) is 12.1. The molecule has 0 bridgehead atoms. The monoisotopic (exact) mass is 352 g/mol. The van der Waals surface area contributed by atoms with E-state index in [2.05, 4.69) is 39.6 Å². The summed E-state index contributed by atoms with van der Waals surface area (Å²) >= 11 is 0. The van der Waals surface area contributed by atoms with Gasteiger partial charge in [0.1, 0.15) is 5.75 Å². The Balaban J connectivity index is 3.81. The molecule has 0 amide bonds. The summed E-state index contributed by atoms with van der Waals surface area (Å²) in [5.74, 6) is 0.760. The lowest BCUT2D eigenvalue weighted by atomic mass is 9.99. The van der Waals surface area contributed by atoms with E-state index in [1.165, 1.54) is 14.2 Å². The molecule has 0 saturated heterocycles. The van der Waals surface area contributed by atoms with Gasteiger partial charge in [0.15, 0.2) is 11.5 Å². The Morgan fingerprint density at radius 2 is 1.58 bits per heavy atom. The number of allylic oxidation sites excluding steroid dienone is 1. The summed E-state index contributed by atoms with van der Waals surface area (Å²) in [7, 11) is 1.25. The van der Waals surface area contributed by atoms with Gasteiger partial charge >= 0.3 is 0 Å². The number of phenolic OH excluding ortho intramolecular Hbond substituents is 2. The number of aromatic hydroxyl groups is 2. The van der Waals surface area contributed by atoms with E-state index in [9.17, 15) is 10.2 Å². The molecule has 0 aliphatic rings. The lowest BCUT2D eigenvalue weighted by Gasteiger charge is -2.27. The fourth-order valence-electron chi connectivity index (χ4n) is 2.97. The second kappa shape index (κ2) is 8.47. The van der Waals surface area contributed by atoms with Crippen molar-refractivity contribution in [3.63, 3.8) is 0 Å². The van der Waals surface area contributed by atoms with Crippen LogP contribution >= 0.6 is 0 Å². The third-order valence-corrected chi connectivity index (χ3v) is 6.20. The fourth-order valence-corrected chi connectivity index (χ4v) is 4.77. The second-order valence-corrected chi connectivity index (χ2v) is 12.0. The first kappa shape index (κ1) is 20.4. The van der Waals surface area contributed by atoms with Gasteiger partial charge < -0.3 is 19.7 Å². The maximum atomic E-state index is 11.0. The predicted molar refractivity (Wildman–Crippen MR) is 103 cm³/mol. The summed E-state index contributed by atoms with van der Waals surface area (Å²) in [5, 5.41) is 22.8. The molecule has 0 unspecified atom stereocenters. The Bertz CT molecular complexity index is 601. The quantitative estimate of drug-likeness (QED) is 0.503. The summed E-state index contributed by atoms with van der Waals surface area (Å²) in [4.78, 5) is 0. The molecule has 1 aromatic carbocycles. The van der Waals surface area contributed by atoms with Gasteiger partial charge in [0.2, 0.25) is 5.75 Å². The van der Waals surface area contributed by atoms with Crippen molar-refractivity contribution in [2.45, 2.75) is 59.2 Å². The first-order valence-electron chi connectivity index (χ1n) is 8.64. The average Bonchev–Trinajstić information content (AvgIpc) is 2.52. The predicted octanol–water partition coefficient (Wildman–Crippen LogP) is 5.13. The average molecular weight is 353 g/mol. The van der Waals surface area contributed by atoms with Gasteiger partial charge in [-0.15, -0.1) is 0 Å². The summed E-state index contributed by atoms with van der Waals surface area (Å²) in [6, 6.07) is 0. The molecule has 0 fully saturated rings. The van der Waals surface area contributed by atoms with Gasteiger partial charge in [0, 0.05) is 5.56 Å². The highest BCUT2D eigenvalue weighted by molar-refractivity contribution is 6.93. The minimum atomic E-state index is -1.76. The molecule has 0 spiro atoms. The summed E-state index contributed by atoms with van der Waals surface area (Å²) in [6.07, 6.45) is 5.56. The molecule has 1 aromatic rings. The van der Waals surface area contributed by atoms with Gasteiger partial charge in [-0.05, 0) is 24.5 Å². The molecule has 4 nitrogen and oxygen atoms in total. The number of methoxy groups -OCH3 is 2. The Labute approximate surface area is 147 Å². The number of unbranched alkanes of at least 4 members (excludes halogenated alkanes) is 1. The van der Waals surface area contributed by atoms with Crippen LogP contribution in [0.15, 0.2) is 6.08 Å². The zero-order chi connectivity index (χ0) is 18.5. The number of rotatable bonds is 8. The van der Waals surface area contributed by atoms with Gasteiger partial charge in [0.05, 0.1) is 27.9 Å². The lowest BCUT2D eigenvalue weighted by Crippen LogP contribution is -2.23. The van der Waals surface area contributed by atoms with E-state index in [1.54, 1.807) is 0 Å². The molecule has 0 radical (unpaired) electrons. The maximum absolute atomic E-state index is 11.0. The van der Waals surface area contributed by atoms with Gasteiger partial charge in [-0.3, -0.25) is 0 Å². The van der Waals surface area contributed by atoms with Crippen LogP contribution in [0.25, 0.3) is 5.20 Å². The summed E-state index contributed by atoms with van der Waals surface area (Å²) < 4.78 is 10.9. The van der Waals surface area contributed by atoms with Crippen molar-refractivity contribution in [1.82, 2.24) is 0 Å². The van der Waals surface area contributed by atoms with Crippen LogP contribution in [0.4, 0.5) is 0 Å². The molecule has 136 valence electrons. The first-order chi connectivity index (χ1) is 11.2. The molecule has 0 aromatic heterocycles. The standard InChI is InChI=1S/C19H32O4Si/c1-8-10-12-13-16(20)15(14(11-9-2)24(5,6)7)19(23-4)17(21)18(13)22-3/h11,20-21H,8-10,12H2,1-7H3/b14-11+. The van der Waals surface area contributed by atoms with Crippen molar-refractivity contribution in [3.8, 4) is 23.0 Å². The van der Waals surface area contributed by atoms with Crippen LogP contribution < -0.4 is 9.47 Å². The molecule has 0 saturated carbocycles. The van der Waals surface area contributed by atoms with Crippen molar-refractivity contribution in [2.24, 2.45) is 0 Å². The van der Waals surface area contributed by atoms with E-state index in [1.807, 2.05) is 0 Å². The minimum Gasteiger partial charge on any atom is -0.507 e. The molecule has 5 heteroatoms. The van der Waals surface area contributed by atoms with Crippen LogP contribution in [0.2, 0.25) is 19.6 Å².